The van der Waals surface area contributed by atoms with Crippen molar-refractivity contribution in [1.82, 2.24) is 9.55 Å². The molecule has 0 atom stereocenters. The molecule has 3 rings (SSSR count). The van der Waals surface area contributed by atoms with E-state index in [-0.39, 0.29) is 22.4 Å². The number of nitrogen functional groups attached to an aromatic ring is 1. The number of carbonyl (C=O) groups is 1. The smallest absolute Gasteiger partial charge is 0.419 e. The molecule has 0 radical (unpaired) electrons. The van der Waals surface area contributed by atoms with Gasteiger partial charge < -0.3 is 10.5 Å². The van der Waals surface area contributed by atoms with Crippen LogP contribution in [0.2, 0.25) is 5.02 Å². The third kappa shape index (κ3) is 3.82. The average Bonchev–Trinajstić information content (AvgIpc) is 2.59. The molecule has 0 fully saturated rings. The van der Waals surface area contributed by atoms with Crippen molar-refractivity contribution < 1.29 is 22.7 Å². The van der Waals surface area contributed by atoms with E-state index in [1.807, 2.05) is 0 Å². The normalized spacial score (nSPS) is 11.7. The summed E-state index contributed by atoms with van der Waals surface area (Å²) in [5.74, 6) is -1.32. The maximum Gasteiger partial charge on any atom is 0.433 e. The first-order chi connectivity index (χ1) is 13.4. The Morgan fingerprint density at radius 1 is 1.31 bits per heavy atom. The SMILES string of the molecule is CC(=O)Oc1c(N)c2ccc(C(F)(F)F)nc2n(-c2c(C)cc(Cl)cc2Br)c1=O. The van der Waals surface area contributed by atoms with Gasteiger partial charge in [-0.2, -0.15) is 13.2 Å². The first-order valence-corrected chi connectivity index (χ1v) is 9.15. The number of alkyl halides is 3. The Bertz CT molecular complexity index is 1200. The van der Waals surface area contributed by atoms with Crippen molar-refractivity contribution in [1.29, 1.82) is 0 Å². The molecule has 0 bridgehead atoms. The van der Waals surface area contributed by atoms with Gasteiger partial charge >= 0.3 is 17.7 Å². The van der Waals surface area contributed by atoms with E-state index in [4.69, 9.17) is 22.1 Å². The van der Waals surface area contributed by atoms with Gasteiger partial charge in [-0.05, 0) is 52.7 Å². The fourth-order valence-electron chi connectivity index (χ4n) is 2.85. The third-order valence-corrected chi connectivity index (χ3v) is 4.82. The van der Waals surface area contributed by atoms with Gasteiger partial charge in [0.05, 0.1) is 11.4 Å². The second-order valence-corrected chi connectivity index (χ2v) is 7.39. The lowest BCUT2D eigenvalue weighted by molar-refractivity contribution is -0.141. The number of nitrogens with zero attached hydrogens (tertiary/aromatic N) is 2. The number of fused-ring (bicyclic) bond motifs is 1. The molecule has 0 amide bonds. The molecule has 0 aliphatic rings. The molecule has 6 nitrogen and oxygen atoms in total. The summed E-state index contributed by atoms with van der Waals surface area (Å²) in [6, 6.07) is 4.80. The first kappa shape index (κ1) is 21.1. The fraction of sp³-hybridized carbons (Fsp3) is 0.167. The first-order valence-electron chi connectivity index (χ1n) is 7.98. The van der Waals surface area contributed by atoms with Crippen molar-refractivity contribution in [3.63, 3.8) is 0 Å². The summed E-state index contributed by atoms with van der Waals surface area (Å²) in [5.41, 5.74) is 3.79. The second-order valence-electron chi connectivity index (χ2n) is 6.10. The highest BCUT2D eigenvalue weighted by Gasteiger charge is 2.34. The lowest BCUT2D eigenvalue weighted by atomic mass is 10.1. The van der Waals surface area contributed by atoms with Crippen molar-refractivity contribution in [2.75, 3.05) is 5.73 Å². The maximum atomic E-state index is 13.2. The molecule has 2 heterocycles. The van der Waals surface area contributed by atoms with E-state index in [1.165, 1.54) is 12.1 Å². The Kier molecular flexibility index (Phi) is 5.35. The quantitative estimate of drug-likeness (QED) is 0.529. The molecule has 0 saturated heterocycles. The number of anilines is 1. The topological polar surface area (TPSA) is 87.2 Å². The molecule has 11 heteroatoms. The van der Waals surface area contributed by atoms with Gasteiger partial charge in [-0.3, -0.25) is 14.2 Å². The molecule has 152 valence electrons. The minimum atomic E-state index is -4.75. The van der Waals surface area contributed by atoms with Crippen LogP contribution in [-0.4, -0.2) is 15.5 Å². The zero-order chi connectivity index (χ0) is 21.7. The molecule has 0 aliphatic heterocycles. The lowest BCUT2D eigenvalue weighted by Gasteiger charge is -2.18. The summed E-state index contributed by atoms with van der Waals surface area (Å²) >= 11 is 9.28. The van der Waals surface area contributed by atoms with Gasteiger partial charge in [0.2, 0.25) is 5.75 Å². The van der Waals surface area contributed by atoms with Crippen LogP contribution in [0.5, 0.6) is 5.75 Å². The number of ether oxygens (including phenoxy) is 1. The Morgan fingerprint density at radius 2 is 1.97 bits per heavy atom. The number of carbonyl (C=O) groups excluding carboxylic acids is 1. The molecule has 0 aliphatic carbocycles. The number of pyridine rings is 2. The van der Waals surface area contributed by atoms with Crippen LogP contribution < -0.4 is 16.0 Å². The van der Waals surface area contributed by atoms with Gasteiger partial charge in [-0.1, -0.05) is 11.6 Å². The van der Waals surface area contributed by atoms with Crippen molar-refractivity contribution in [2.24, 2.45) is 0 Å². The Labute approximate surface area is 175 Å². The standard InChI is InChI=1S/C18H12BrClF3N3O3/c1-7-5-9(20)6-11(19)14(7)26-16-10(3-4-12(25-16)18(21,22)23)13(24)15(17(26)28)29-8(2)27/h3-6H,24H2,1-2H3. The summed E-state index contributed by atoms with van der Waals surface area (Å²) in [4.78, 5) is 28.2. The predicted octanol–water partition coefficient (Wildman–Crippen LogP) is 4.64. The van der Waals surface area contributed by atoms with Crippen LogP contribution in [-0.2, 0) is 11.0 Å². The molecule has 2 N–H and O–H groups in total. The summed E-state index contributed by atoms with van der Waals surface area (Å²) < 4.78 is 45.9. The summed E-state index contributed by atoms with van der Waals surface area (Å²) in [6.07, 6.45) is -4.75. The molecule has 0 saturated carbocycles. The van der Waals surface area contributed by atoms with Crippen LogP contribution in [0.4, 0.5) is 18.9 Å². The Hall–Kier alpha value is -2.59. The van der Waals surface area contributed by atoms with E-state index >= 15 is 0 Å². The molecule has 3 aromatic rings. The fourth-order valence-corrected chi connectivity index (χ4v) is 3.99. The number of rotatable bonds is 2. The van der Waals surface area contributed by atoms with E-state index in [2.05, 4.69) is 20.9 Å². The third-order valence-electron chi connectivity index (χ3n) is 4.00. The Morgan fingerprint density at radius 3 is 2.52 bits per heavy atom. The highest BCUT2D eigenvalue weighted by atomic mass is 79.9. The monoisotopic (exact) mass is 489 g/mol. The molecule has 0 unspecified atom stereocenters. The van der Waals surface area contributed by atoms with E-state index in [0.29, 0.717) is 15.1 Å². The highest BCUT2D eigenvalue weighted by molar-refractivity contribution is 9.10. The minimum absolute atomic E-state index is 0.00935. The van der Waals surface area contributed by atoms with Crippen LogP contribution in [0, 0.1) is 6.92 Å². The number of hydrogen-bond acceptors (Lipinski definition) is 5. The largest absolute Gasteiger partial charge is 0.433 e. The van der Waals surface area contributed by atoms with Crippen LogP contribution in [0.3, 0.4) is 0 Å². The zero-order valence-corrected chi connectivity index (χ0v) is 17.2. The number of halogens is 5. The molecule has 2 aromatic heterocycles. The van der Waals surface area contributed by atoms with Crippen LogP contribution in [0.1, 0.15) is 18.2 Å². The van der Waals surface area contributed by atoms with Gasteiger partial charge in [0.1, 0.15) is 11.3 Å². The number of esters is 1. The number of hydrogen-bond donors (Lipinski definition) is 1. The van der Waals surface area contributed by atoms with Crippen LogP contribution in [0.25, 0.3) is 16.7 Å². The van der Waals surface area contributed by atoms with E-state index < -0.39 is 29.1 Å². The van der Waals surface area contributed by atoms with Crippen LogP contribution >= 0.6 is 27.5 Å². The van der Waals surface area contributed by atoms with Crippen molar-refractivity contribution in [2.45, 2.75) is 20.0 Å². The number of aromatic nitrogens is 2. The molecule has 0 spiro atoms. The average molecular weight is 491 g/mol. The van der Waals surface area contributed by atoms with E-state index in [0.717, 1.165) is 23.6 Å². The Balaban J connectivity index is 2.55. The van der Waals surface area contributed by atoms with Crippen molar-refractivity contribution >= 4 is 50.2 Å². The van der Waals surface area contributed by atoms with Gasteiger partial charge in [0, 0.05) is 21.8 Å². The minimum Gasteiger partial charge on any atom is -0.419 e. The number of nitrogens with two attached hydrogens (primary N) is 1. The molecule has 1 aromatic carbocycles. The van der Waals surface area contributed by atoms with E-state index in [1.54, 1.807) is 6.92 Å². The number of benzene rings is 1. The lowest BCUT2D eigenvalue weighted by Crippen LogP contribution is -2.26. The van der Waals surface area contributed by atoms with E-state index in [9.17, 15) is 22.8 Å². The highest BCUT2D eigenvalue weighted by Crippen LogP contribution is 2.35. The van der Waals surface area contributed by atoms with Gasteiger partial charge in [-0.25, -0.2) is 4.98 Å². The second kappa shape index (κ2) is 7.34. The zero-order valence-electron chi connectivity index (χ0n) is 14.9. The molecular weight excluding hydrogens is 479 g/mol. The summed E-state index contributed by atoms with van der Waals surface area (Å²) in [5, 5.41) is 0.352. The van der Waals surface area contributed by atoms with Crippen molar-refractivity contribution in [3.8, 4) is 11.4 Å². The molecular formula is C18H12BrClF3N3O3. The van der Waals surface area contributed by atoms with Crippen LogP contribution in [0.15, 0.2) is 33.5 Å². The maximum absolute atomic E-state index is 13.2. The number of aryl methyl sites for hydroxylation is 1. The summed E-state index contributed by atoms with van der Waals surface area (Å²) in [7, 11) is 0. The predicted molar refractivity (Wildman–Crippen MR) is 106 cm³/mol. The van der Waals surface area contributed by atoms with Gasteiger partial charge in [-0.15, -0.1) is 0 Å². The van der Waals surface area contributed by atoms with Gasteiger partial charge in [0.25, 0.3) is 0 Å². The van der Waals surface area contributed by atoms with Gasteiger partial charge in [0.15, 0.2) is 0 Å². The summed E-state index contributed by atoms with van der Waals surface area (Å²) in [6.45, 7) is 2.68. The molecule has 29 heavy (non-hydrogen) atoms. The van der Waals surface area contributed by atoms with Crippen molar-refractivity contribution in [3.05, 3.63) is 55.4 Å².